The molecule has 20 heavy (non-hydrogen) atoms. The lowest BCUT2D eigenvalue weighted by molar-refractivity contribution is -0.143. The van der Waals surface area contributed by atoms with Crippen molar-refractivity contribution in [1.82, 2.24) is 20.6 Å². The van der Waals surface area contributed by atoms with Crippen LogP contribution in [0.3, 0.4) is 0 Å². The number of imidazole rings is 1. The summed E-state index contributed by atoms with van der Waals surface area (Å²) in [7, 11) is 0. The van der Waals surface area contributed by atoms with E-state index in [1.807, 2.05) is 6.92 Å². The molecular weight excluding hydrogens is 260 g/mol. The molecule has 0 aromatic carbocycles. The third kappa shape index (κ3) is 3.49. The predicted octanol–water partition coefficient (Wildman–Crippen LogP) is 1.41. The number of aromatic amines is 1. The van der Waals surface area contributed by atoms with Crippen LogP contribution in [0.1, 0.15) is 44.5 Å². The second-order valence-corrected chi connectivity index (χ2v) is 5.15. The maximum atomic E-state index is 11.9. The van der Waals surface area contributed by atoms with Crippen LogP contribution in [0.5, 0.6) is 0 Å². The van der Waals surface area contributed by atoms with E-state index in [0.29, 0.717) is 18.7 Å². The van der Waals surface area contributed by atoms with Gasteiger partial charge in [-0.05, 0) is 19.8 Å². The molecule has 4 N–H and O–H groups in total. The van der Waals surface area contributed by atoms with E-state index in [0.717, 1.165) is 12.8 Å². The van der Waals surface area contributed by atoms with Crippen LogP contribution >= 0.6 is 0 Å². The van der Waals surface area contributed by atoms with Crippen LogP contribution in [0.2, 0.25) is 0 Å². The van der Waals surface area contributed by atoms with E-state index in [1.54, 1.807) is 12.4 Å². The Morgan fingerprint density at radius 3 is 2.85 bits per heavy atom. The molecule has 1 saturated carbocycles. The quantitative estimate of drug-likeness (QED) is 0.669. The highest BCUT2D eigenvalue weighted by molar-refractivity contribution is 5.77. The summed E-state index contributed by atoms with van der Waals surface area (Å²) >= 11 is 0. The average molecular weight is 280 g/mol. The van der Waals surface area contributed by atoms with Crippen molar-refractivity contribution in [2.45, 2.75) is 44.7 Å². The highest BCUT2D eigenvalue weighted by Crippen LogP contribution is 2.24. The molecule has 0 aliphatic heterocycles. The summed E-state index contributed by atoms with van der Waals surface area (Å²) < 4.78 is 0. The number of carboxylic acid groups (broad SMARTS) is 1. The first-order chi connectivity index (χ1) is 9.58. The molecule has 0 spiro atoms. The number of hydrogen-bond donors (Lipinski definition) is 4. The summed E-state index contributed by atoms with van der Waals surface area (Å²) in [5.74, 6) is -0.666. The number of amides is 2. The summed E-state index contributed by atoms with van der Waals surface area (Å²) in [6.45, 7) is 1.81. The maximum Gasteiger partial charge on any atom is 0.315 e. The van der Waals surface area contributed by atoms with E-state index in [4.69, 9.17) is 5.11 Å². The van der Waals surface area contributed by atoms with E-state index >= 15 is 0 Å². The molecule has 1 aromatic rings. The average Bonchev–Trinajstić information content (AvgIpc) is 2.92. The first kappa shape index (κ1) is 14.4. The highest BCUT2D eigenvalue weighted by Gasteiger charge is 2.32. The van der Waals surface area contributed by atoms with Crippen molar-refractivity contribution in [1.29, 1.82) is 0 Å². The first-order valence-corrected chi connectivity index (χ1v) is 6.87. The lowest BCUT2D eigenvalue weighted by Crippen LogP contribution is -2.49. The minimum absolute atomic E-state index is 0.253. The van der Waals surface area contributed by atoms with Gasteiger partial charge in [0.2, 0.25) is 0 Å². The standard InChI is InChI=1S/C13H20N4O3/c1-8(11-14-6-7-15-11)16-13(20)17-10-5-3-2-4-9(10)12(18)19/h6-10H,2-5H2,1H3,(H,14,15)(H,18,19)(H2,16,17,20). The zero-order valence-corrected chi connectivity index (χ0v) is 11.4. The van der Waals surface area contributed by atoms with Crippen LogP contribution in [0, 0.1) is 5.92 Å². The summed E-state index contributed by atoms with van der Waals surface area (Å²) in [5.41, 5.74) is 0. The number of aromatic nitrogens is 2. The Bertz CT molecular complexity index is 460. The van der Waals surface area contributed by atoms with Gasteiger partial charge >= 0.3 is 12.0 Å². The van der Waals surface area contributed by atoms with E-state index in [-0.39, 0.29) is 18.1 Å². The lowest BCUT2D eigenvalue weighted by atomic mass is 9.84. The van der Waals surface area contributed by atoms with Gasteiger partial charge < -0.3 is 20.7 Å². The zero-order valence-electron chi connectivity index (χ0n) is 11.4. The molecule has 1 aromatic heterocycles. The van der Waals surface area contributed by atoms with E-state index < -0.39 is 11.9 Å². The van der Waals surface area contributed by atoms with Crippen LogP contribution < -0.4 is 10.6 Å². The molecule has 2 rings (SSSR count). The van der Waals surface area contributed by atoms with Crippen LogP contribution in [-0.2, 0) is 4.79 Å². The lowest BCUT2D eigenvalue weighted by Gasteiger charge is -2.29. The van der Waals surface area contributed by atoms with Gasteiger partial charge in [0.1, 0.15) is 5.82 Å². The third-order valence-electron chi connectivity index (χ3n) is 3.68. The second kappa shape index (κ2) is 6.40. The minimum atomic E-state index is -0.839. The molecule has 2 amide bonds. The number of urea groups is 1. The van der Waals surface area contributed by atoms with Crippen molar-refractivity contribution in [3.05, 3.63) is 18.2 Å². The molecule has 0 radical (unpaired) electrons. The number of nitrogens with one attached hydrogen (secondary N) is 3. The molecule has 7 nitrogen and oxygen atoms in total. The molecule has 1 fully saturated rings. The minimum Gasteiger partial charge on any atom is -0.481 e. The van der Waals surface area contributed by atoms with Gasteiger partial charge in [-0.25, -0.2) is 9.78 Å². The van der Waals surface area contributed by atoms with Gasteiger partial charge in [0.25, 0.3) is 0 Å². The van der Waals surface area contributed by atoms with Crippen LogP contribution in [0.25, 0.3) is 0 Å². The molecule has 1 aliphatic rings. The van der Waals surface area contributed by atoms with Gasteiger partial charge in [0.15, 0.2) is 0 Å². The number of aliphatic carboxylic acids is 1. The van der Waals surface area contributed by atoms with E-state index in [2.05, 4.69) is 20.6 Å². The highest BCUT2D eigenvalue weighted by atomic mass is 16.4. The van der Waals surface area contributed by atoms with Gasteiger partial charge in [0, 0.05) is 18.4 Å². The van der Waals surface area contributed by atoms with E-state index in [1.165, 1.54) is 0 Å². The smallest absolute Gasteiger partial charge is 0.315 e. The topological polar surface area (TPSA) is 107 Å². The van der Waals surface area contributed by atoms with Crippen molar-refractivity contribution in [2.75, 3.05) is 0 Å². The van der Waals surface area contributed by atoms with Crippen molar-refractivity contribution in [3.8, 4) is 0 Å². The summed E-state index contributed by atoms with van der Waals surface area (Å²) in [6.07, 6.45) is 6.48. The largest absolute Gasteiger partial charge is 0.481 e. The molecule has 1 aliphatic carbocycles. The Balaban J connectivity index is 1.88. The van der Waals surface area contributed by atoms with Crippen molar-refractivity contribution < 1.29 is 14.7 Å². The molecule has 1 heterocycles. The Morgan fingerprint density at radius 1 is 1.45 bits per heavy atom. The summed E-state index contributed by atoms with van der Waals surface area (Å²) in [4.78, 5) is 30.1. The van der Waals surface area contributed by atoms with Crippen molar-refractivity contribution in [2.24, 2.45) is 5.92 Å². The number of rotatable bonds is 4. The first-order valence-electron chi connectivity index (χ1n) is 6.87. The number of H-pyrrole nitrogens is 1. The fourth-order valence-corrected chi connectivity index (χ4v) is 2.59. The number of carbonyl (C=O) groups excluding carboxylic acids is 1. The SMILES string of the molecule is CC(NC(=O)NC1CCCCC1C(=O)O)c1ncc[nH]1. The second-order valence-electron chi connectivity index (χ2n) is 5.15. The molecular formula is C13H20N4O3. The molecule has 7 heteroatoms. The monoisotopic (exact) mass is 280 g/mol. The molecule has 3 unspecified atom stereocenters. The predicted molar refractivity (Wildman–Crippen MR) is 72.1 cm³/mol. The van der Waals surface area contributed by atoms with Gasteiger partial charge in [-0.3, -0.25) is 4.79 Å². The van der Waals surface area contributed by atoms with Gasteiger partial charge in [0.05, 0.1) is 12.0 Å². The number of nitrogens with zero attached hydrogens (tertiary/aromatic N) is 1. The van der Waals surface area contributed by atoms with Crippen LogP contribution in [-0.4, -0.2) is 33.1 Å². The normalized spacial score (nSPS) is 23.9. The van der Waals surface area contributed by atoms with Crippen LogP contribution in [0.4, 0.5) is 4.79 Å². The molecule has 3 atom stereocenters. The third-order valence-corrected chi connectivity index (χ3v) is 3.68. The van der Waals surface area contributed by atoms with Crippen molar-refractivity contribution >= 4 is 12.0 Å². The molecule has 0 bridgehead atoms. The van der Waals surface area contributed by atoms with Gasteiger partial charge in [-0.1, -0.05) is 12.8 Å². The van der Waals surface area contributed by atoms with Gasteiger partial charge in [-0.15, -0.1) is 0 Å². The van der Waals surface area contributed by atoms with E-state index in [9.17, 15) is 9.59 Å². The number of carboxylic acids is 1. The molecule has 0 saturated heterocycles. The summed E-state index contributed by atoms with van der Waals surface area (Å²) in [5, 5.41) is 14.7. The Morgan fingerprint density at radius 2 is 2.20 bits per heavy atom. The Kier molecular flexibility index (Phi) is 4.60. The summed E-state index contributed by atoms with van der Waals surface area (Å²) in [6, 6.07) is -0.908. The number of carbonyl (C=O) groups is 2. The maximum absolute atomic E-state index is 11.9. The van der Waals surface area contributed by atoms with Gasteiger partial charge in [-0.2, -0.15) is 0 Å². The molecule has 110 valence electrons. The Labute approximate surface area is 117 Å². The Hall–Kier alpha value is -2.05. The zero-order chi connectivity index (χ0) is 14.5. The fourth-order valence-electron chi connectivity index (χ4n) is 2.59. The fraction of sp³-hybridized carbons (Fsp3) is 0.615. The number of hydrogen-bond acceptors (Lipinski definition) is 3. The van der Waals surface area contributed by atoms with Crippen LogP contribution in [0.15, 0.2) is 12.4 Å². The van der Waals surface area contributed by atoms with Crippen molar-refractivity contribution in [3.63, 3.8) is 0 Å².